The Morgan fingerprint density at radius 3 is 0.593 bits per heavy atom. The summed E-state index contributed by atoms with van der Waals surface area (Å²) in [6, 6.07) is 0. The molecule has 2 atom stereocenters. The Labute approximate surface area is 517 Å². The predicted molar refractivity (Wildman–Crippen MR) is 339 cm³/mol. The van der Waals surface area contributed by atoms with Gasteiger partial charge in [-0.2, -0.15) is 0 Å². The van der Waals surface area contributed by atoms with Crippen molar-refractivity contribution < 1.29 is 58.3 Å². The number of hydrogen-bond acceptors (Lipinski definition) is 8. The third-order valence-corrected chi connectivity index (χ3v) is 16.6. The Morgan fingerprint density at radius 1 is 0.235 bits per heavy atom. The minimum absolute atomic E-state index is 0. The van der Waals surface area contributed by atoms with E-state index in [0.717, 1.165) is 116 Å². The van der Waals surface area contributed by atoms with E-state index in [1.54, 1.807) is 0 Å². The van der Waals surface area contributed by atoms with Gasteiger partial charge in [-0.3, -0.25) is 9.59 Å². The second kappa shape index (κ2) is 72.8. The van der Waals surface area contributed by atoms with Crippen LogP contribution in [0, 0.1) is 0 Å². The molecular weight excluding hydrogens is 1060 g/mol. The number of carboxylic acids is 2. The minimum Gasteiger partial charge on any atom is -0.550 e. The molecule has 0 aromatic carbocycles. The Balaban J connectivity index is -0.00000148. The van der Waals surface area contributed by atoms with Crippen LogP contribution in [0.3, 0.4) is 0 Å². The van der Waals surface area contributed by atoms with Crippen LogP contribution in [0.2, 0.25) is 0 Å². The number of esters is 2. The topological polar surface area (TPSA) is 133 Å². The second-order valence-electron chi connectivity index (χ2n) is 24.8. The predicted octanol–water partition coefficient (Wildman–Crippen LogP) is 21.6. The van der Waals surface area contributed by atoms with Gasteiger partial charge in [0.2, 0.25) is 0 Å². The van der Waals surface area contributed by atoms with E-state index in [1.807, 2.05) is 0 Å². The molecule has 0 spiro atoms. The van der Waals surface area contributed by atoms with Gasteiger partial charge < -0.3 is 29.3 Å². The van der Waals surface area contributed by atoms with Crippen molar-refractivity contribution in [2.75, 3.05) is 0 Å². The van der Waals surface area contributed by atoms with Crippen LogP contribution >= 0.6 is 0 Å². The first-order valence-electron chi connectivity index (χ1n) is 36.0. The molecule has 8 nitrogen and oxygen atoms in total. The summed E-state index contributed by atoms with van der Waals surface area (Å²) in [6.07, 6.45) is 74.2. The smallest absolute Gasteiger partial charge is 0.550 e. The monoisotopic (exact) mass is 1190 g/mol. The van der Waals surface area contributed by atoms with Gasteiger partial charge in [0.25, 0.3) is 0 Å². The normalized spacial score (nSPS) is 11.9. The zero-order valence-corrected chi connectivity index (χ0v) is 57.9. The molecule has 0 fully saturated rings. The van der Waals surface area contributed by atoms with Crippen molar-refractivity contribution >= 4 is 23.9 Å². The third kappa shape index (κ3) is 74.6. The first kappa shape index (κ1) is 83.7. The minimum atomic E-state index is -0.922. The molecule has 0 aliphatic carbocycles. The number of ether oxygens (including phenoxy) is 2. The number of unbranched alkanes of at least 4 members (excludes halogenated alkanes) is 48. The largest absolute Gasteiger partial charge is 2.00 e. The molecule has 0 rings (SSSR count). The Bertz CT molecular complexity index is 1170. The Hall–Kier alpha value is -1.50. The van der Waals surface area contributed by atoms with Gasteiger partial charge >= 0.3 is 31.4 Å². The van der Waals surface area contributed by atoms with E-state index in [9.17, 15) is 29.4 Å². The van der Waals surface area contributed by atoms with E-state index in [4.69, 9.17) is 9.47 Å². The quantitative estimate of drug-likeness (QED) is 0.0334. The summed E-state index contributed by atoms with van der Waals surface area (Å²) in [5.41, 5.74) is 0. The first-order valence-corrected chi connectivity index (χ1v) is 36.0. The maximum absolute atomic E-state index is 12.4. The Morgan fingerprint density at radius 2 is 0.407 bits per heavy atom. The van der Waals surface area contributed by atoms with Crippen LogP contribution in [0.1, 0.15) is 426 Å². The number of aliphatic carboxylic acids is 2. The summed E-state index contributed by atoms with van der Waals surface area (Å²) >= 11 is 0. The molecule has 0 saturated carbocycles. The molecule has 0 aliphatic heterocycles. The van der Waals surface area contributed by atoms with Crippen LogP contribution < -0.4 is 10.2 Å². The second-order valence-corrected chi connectivity index (χ2v) is 24.8. The molecule has 9 heteroatoms. The third-order valence-electron chi connectivity index (χ3n) is 16.6. The SMILES string of the molecule is CCCCCCCCCCCCCCCCCC(=O)OC(CCC)CCCCCCCCCCCCCC(=O)[O-].CCCCCCCCCCCCCCCCCC(=O)OC(CCC)CCCCCCCCCCCCCC(=O)[O-].[Zn+2]. The number of carbonyl (C=O) groups excluding carboxylic acids is 4. The van der Waals surface area contributed by atoms with Crippen LogP contribution in [-0.2, 0) is 48.1 Å². The fourth-order valence-corrected chi connectivity index (χ4v) is 11.4. The van der Waals surface area contributed by atoms with Crippen molar-refractivity contribution in [2.24, 2.45) is 0 Å². The van der Waals surface area contributed by atoms with Crippen LogP contribution in [-0.4, -0.2) is 36.1 Å². The molecule has 0 bridgehead atoms. The molecule has 0 aromatic heterocycles. The van der Waals surface area contributed by atoms with Crippen molar-refractivity contribution in [1.82, 2.24) is 0 Å². The summed E-state index contributed by atoms with van der Waals surface area (Å²) in [6.45, 7) is 8.92. The van der Waals surface area contributed by atoms with Crippen molar-refractivity contribution in [3.8, 4) is 0 Å². The molecule has 0 amide bonds. The van der Waals surface area contributed by atoms with E-state index in [0.29, 0.717) is 12.8 Å². The molecule has 0 aliphatic rings. The summed E-state index contributed by atoms with van der Waals surface area (Å²) in [5, 5.41) is 20.8. The van der Waals surface area contributed by atoms with E-state index in [2.05, 4.69) is 27.7 Å². The summed E-state index contributed by atoms with van der Waals surface area (Å²) in [7, 11) is 0. The average Bonchev–Trinajstić information content (AvgIpc) is 3.43. The summed E-state index contributed by atoms with van der Waals surface area (Å²) in [5.74, 6) is -1.80. The number of hydrogen-bond donors (Lipinski definition) is 0. The maximum Gasteiger partial charge on any atom is 2.00 e. The van der Waals surface area contributed by atoms with Crippen LogP contribution in [0.5, 0.6) is 0 Å². The fourth-order valence-electron chi connectivity index (χ4n) is 11.4. The fraction of sp³-hybridized carbons (Fsp3) is 0.944. The number of rotatable bonds is 66. The standard InChI is InChI=1S/2C36H70O4.Zn/c2*1-3-5-6-7-8-9-10-11-12-13-17-20-23-26-29-33-36(39)40-34(30-4-2)31-27-24-21-18-15-14-16-19-22-25-28-32-35(37)38;/h2*34H,3-33H2,1-2H3,(H,37,38);/q;;+2/p-2. The van der Waals surface area contributed by atoms with Gasteiger partial charge in [-0.05, 0) is 77.0 Å². The molecule has 2 unspecified atom stereocenters. The number of carbonyl (C=O) groups is 4. The van der Waals surface area contributed by atoms with Crippen molar-refractivity contribution in [3.63, 3.8) is 0 Å². The Kier molecular flexibility index (Phi) is 75.2. The number of carboxylic acid groups (broad SMARTS) is 2. The van der Waals surface area contributed by atoms with Gasteiger partial charge in [0.1, 0.15) is 12.2 Å². The van der Waals surface area contributed by atoms with Crippen LogP contribution in [0.25, 0.3) is 0 Å². The van der Waals surface area contributed by atoms with Crippen molar-refractivity contribution in [1.29, 1.82) is 0 Å². The zero-order valence-electron chi connectivity index (χ0n) is 55.0. The van der Waals surface area contributed by atoms with Gasteiger partial charge in [0.05, 0.1) is 0 Å². The van der Waals surface area contributed by atoms with Gasteiger partial charge in [-0.25, -0.2) is 0 Å². The van der Waals surface area contributed by atoms with Gasteiger partial charge in [0.15, 0.2) is 0 Å². The van der Waals surface area contributed by atoms with Crippen LogP contribution in [0.15, 0.2) is 0 Å². The van der Waals surface area contributed by atoms with E-state index >= 15 is 0 Å². The van der Waals surface area contributed by atoms with Gasteiger partial charge in [0, 0.05) is 24.8 Å². The molecule has 0 saturated heterocycles. The van der Waals surface area contributed by atoms with Crippen molar-refractivity contribution in [2.45, 2.75) is 438 Å². The molecule has 0 N–H and O–H groups in total. The summed E-state index contributed by atoms with van der Waals surface area (Å²) in [4.78, 5) is 45.5. The molecule has 0 aromatic rings. The van der Waals surface area contributed by atoms with E-state index in [1.165, 1.54) is 257 Å². The molecule has 0 radical (unpaired) electrons. The van der Waals surface area contributed by atoms with Crippen molar-refractivity contribution in [3.05, 3.63) is 0 Å². The molecule has 0 heterocycles. The molecule has 81 heavy (non-hydrogen) atoms. The average molecular weight is 1200 g/mol. The van der Waals surface area contributed by atoms with Gasteiger partial charge in [-0.1, -0.05) is 336 Å². The zero-order chi connectivity index (χ0) is 58.7. The maximum atomic E-state index is 12.4. The van der Waals surface area contributed by atoms with Gasteiger partial charge in [-0.15, -0.1) is 0 Å². The molecular formula is C72H138O8Zn. The van der Waals surface area contributed by atoms with Crippen LogP contribution in [0.4, 0.5) is 0 Å². The van der Waals surface area contributed by atoms with E-state index < -0.39 is 11.9 Å². The van der Waals surface area contributed by atoms with E-state index in [-0.39, 0.29) is 56.5 Å². The molecule has 476 valence electrons. The first-order chi connectivity index (χ1) is 39.2. The summed E-state index contributed by atoms with van der Waals surface area (Å²) < 4.78 is 11.7.